The van der Waals surface area contributed by atoms with Crippen LogP contribution in [0.3, 0.4) is 0 Å². The summed E-state index contributed by atoms with van der Waals surface area (Å²) in [5.74, 6) is -0.198. The van der Waals surface area contributed by atoms with E-state index in [2.05, 4.69) is 34.6 Å². The summed E-state index contributed by atoms with van der Waals surface area (Å²) in [6.45, 7) is 2.19. The van der Waals surface area contributed by atoms with E-state index in [4.69, 9.17) is 11.6 Å². The number of aromatic nitrogens is 3. The van der Waals surface area contributed by atoms with Gasteiger partial charge in [-0.15, -0.1) is 10.2 Å². The van der Waals surface area contributed by atoms with E-state index >= 15 is 0 Å². The number of carbonyl (C=O) groups excluding carboxylic acids is 1. The van der Waals surface area contributed by atoms with Gasteiger partial charge in [-0.2, -0.15) is 4.80 Å². The molecule has 0 spiro atoms. The zero-order valence-corrected chi connectivity index (χ0v) is 16.9. The van der Waals surface area contributed by atoms with Crippen LogP contribution in [-0.2, 0) is 6.42 Å². The van der Waals surface area contributed by atoms with E-state index < -0.39 is 0 Å². The fourth-order valence-corrected chi connectivity index (χ4v) is 3.22. The van der Waals surface area contributed by atoms with Crippen LogP contribution in [-0.4, -0.2) is 20.9 Å². The Bertz CT molecular complexity index is 1130. The minimum Gasteiger partial charge on any atom is -0.322 e. The standard InChI is InChI=1S/C23H21ClN4O/c1-2-3-4-16-5-12-20(13-6-16)28-26-21-14-11-19(15-22(21)27-28)25-23(29)17-7-9-18(24)10-8-17/h5-15H,2-4H2,1H3,(H,25,29). The molecule has 0 saturated heterocycles. The number of hydrogen-bond donors (Lipinski definition) is 1. The van der Waals surface area contributed by atoms with Crippen molar-refractivity contribution in [3.8, 4) is 5.69 Å². The number of aryl methyl sites for hydroxylation is 1. The van der Waals surface area contributed by atoms with Crippen molar-refractivity contribution in [1.29, 1.82) is 0 Å². The third kappa shape index (κ3) is 4.46. The molecule has 0 aliphatic carbocycles. The van der Waals surface area contributed by atoms with Gasteiger partial charge in [0.2, 0.25) is 0 Å². The maximum absolute atomic E-state index is 12.4. The lowest BCUT2D eigenvalue weighted by Crippen LogP contribution is -2.11. The molecule has 0 aliphatic heterocycles. The van der Waals surface area contributed by atoms with E-state index in [-0.39, 0.29) is 5.91 Å². The van der Waals surface area contributed by atoms with Crippen LogP contribution in [0.4, 0.5) is 5.69 Å². The van der Waals surface area contributed by atoms with Crippen LogP contribution >= 0.6 is 11.6 Å². The van der Waals surface area contributed by atoms with Crippen LogP contribution in [0.15, 0.2) is 66.7 Å². The molecule has 1 heterocycles. The highest BCUT2D eigenvalue weighted by molar-refractivity contribution is 6.30. The average Bonchev–Trinajstić information content (AvgIpc) is 3.16. The minimum absolute atomic E-state index is 0.198. The molecule has 6 heteroatoms. The summed E-state index contributed by atoms with van der Waals surface area (Å²) in [5, 5.41) is 12.6. The third-order valence-electron chi connectivity index (χ3n) is 4.73. The molecule has 5 nitrogen and oxygen atoms in total. The minimum atomic E-state index is -0.198. The third-order valence-corrected chi connectivity index (χ3v) is 4.98. The van der Waals surface area contributed by atoms with Crippen molar-refractivity contribution in [3.05, 3.63) is 82.9 Å². The van der Waals surface area contributed by atoms with Gasteiger partial charge in [0.15, 0.2) is 0 Å². The predicted molar refractivity (Wildman–Crippen MR) is 117 cm³/mol. The molecule has 3 aromatic carbocycles. The van der Waals surface area contributed by atoms with E-state index in [9.17, 15) is 4.79 Å². The van der Waals surface area contributed by atoms with E-state index in [1.807, 2.05) is 30.3 Å². The average molecular weight is 405 g/mol. The molecule has 1 aromatic heterocycles. The second-order valence-corrected chi connectivity index (χ2v) is 7.36. The molecular formula is C23H21ClN4O. The number of anilines is 1. The van der Waals surface area contributed by atoms with Crippen LogP contribution in [0, 0.1) is 0 Å². The fourth-order valence-electron chi connectivity index (χ4n) is 3.09. The van der Waals surface area contributed by atoms with Crippen LogP contribution in [0.2, 0.25) is 5.02 Å². The van der Waals surface area contributed by atoms with E-state index in [0.717, 1.165) is 17.6 Å². The second-order valence-electron chi connectivity index (χ2n) is 6.92. The Morgan fingerprint density at radius 3 is 2.41 bits per heavy atom. The molecule has 1 amide bonds. The van der Waals surface area contributed by atoms with Gasteiger partial charge in [-0.3, -0.25) is 4.79 Å². The van der Waals surface area contributed by atoms with E-state index in [0.29, 0.717) is 21.8 Å². The highest BCUT2D eigenvalue weighted by atomic mass is 35.5. The van der Waals surface area contributed by atoms with E-state index in [1.54, 1.807) is 29.1 Å². The lowest BCUT2D eigenvalue weighted by Gasteiger charge is -2.05. The first-order chi connectivity index (χ1) is 14.1. The van der Waals surface area contributed by atoms with Crippen LogP contribution < -0.4 is 5.32 Å². The molecule has 0 aliphatic rings. The highest BCUT2D eigenvalue weighted by Crippen LogP contribution is 2.19. The number of carbonyl (C=O) groups is 1. The van der Waals surface area contributed by atoms with Crippen molar-refractivity contribution in [2.45, 2.75) is 26.2 Å². The summed E-state index contributed by atoms with van der Waals surface area (Å²) < 4.78 is 0. The van der Waals surface area contributed by atoms with Gasteiger partial charge in [0, 0.05) is 16.3 Å². The Balaban J connectivity index is 1.53. The Kier molecular flexibility index (Phi) is 5.58. The van der Waals surface area contributed by atoms with Crippen molar-refractivity contribution in [1.82, 2.24) is 15.0 Å². The normalized spacial score (nSPS) is 11.0. The lowest BCUT2D eigenvalue weighted by molar-refractivity contribution is 0.102. The second kappa shape index (κ2) is 8.45. The zero-order chi connectivity index (χ0) is 20.2. The Morgan fingerprint density at radius 1 is 0.966 bits per heavy atom. The molecule has 1 N–H and O–H groups in total. The van der Waals surface area contributed by atoms with Gasteiger partial charge in [0.1, 0.15) is 11.0 Å². The number of nitrogens with zero attached hydrogens (tertiary/aromatic N) is 3. The summed E-state index contributed by atoms with van der Waals surface area (Å²) in [6, 6.07) is 20.6. The lowest BCUT2D eigenvalue weighted by atomic mass is 10.1. The Morgan fingerprint density at radius 2 is 1.69 bits per heavy atom. The zero-order valence-electron chi connectivity index (χ0n) is 16.1. The fraction of sp³-hybridized carbons (Fsp3) is 0.174. The molecule has 0 saturated carbocycles. The summed E-state index contributed by atoms with van der Waals surface area (Å²) in [5.41, 5.74) is 4.92. The molecule has 146 valence electrons. The smallest absolute Gasteiger partial charge is 0.255 e. The van der Waals surface area contributed by atoms with Crippen molar-refractivity contribution >= 4 is 34.2 Å². The van der Waals surface area contributed by atoms with Crippen molar-refractivity contribution in [2.75, 3.05) is 5.32 Å². The number of rotatable bonds is 6. The van der Waals surface area contributed by atoms with Crippen molar-refractivity contribution in [2.24, 2.45) is 0 Å². The van der Waals surface area contributed by atoms with Gasteiger partial charge in [-0.1, -0.05) is 37.1 Å². The van der Waals surface area contributed by atoms with Crippen LogP contribution in [0.1, 0.15) is 35.7 Å². The molecule has 0 unspecified atom stereocenters. The van der Waals surface area contributed by atoms with Crippen molar-refractivity contribution in [3.63, 3.8) is 0 Å². The first kappa shape index (κ1) is 19.2. The van der Waals surface area contributed by atoms with Gasteiger partial charge in [0.05, 0.1) is 5.69 Å². The Hall–Kier alpha value is -3.18. The molecule has 0 atom stereocenters. The maximum Gasteiger partial charge on any atom is 0.255 e. The van der Waals surface area contributed by atoms with Gasteiger partial charge >= 0.3 is 0 Å². The summed E-state index contributed by atoms with van der Waals surface area (Å²) in [7, 11) is 0. The largest absolute Gasteiger partial charge is 0.322 e. The van der Waals surface area contributed by atoms with Gasteiger partial charge < -0.3 is 5.32 Å². The number of unbranched alkanes of at least 4 members (excludes halogenated alkanes) is 1. The molecular weight excluding hydrogens is 384 g/mol. The molecule has 0 fully saturated rings. The monoisotopic (exact) mass is 404 g/mol. The van der Waals surface area contributed by atoms with Crippen LogP contribution in [0.25, 0.3) is 16.7 Å². The SMILES string of the molecule is CCCCc1ccc(-n2nc3ccc(NC(=O)c4ccc(Cl)cc4)cc3n2)cc1. The van der Waals surface area contributed by atoms with Crippen LogP contribution in [0.5, 0.6) is 0 Å². The molecule has 29 heavy (non-hydrogen) atoms. The number of nitrogens with one attached hydrogen (secondary N) is 1. The number of fused-ring (bicyclic) bond motifs is 1. The van der Waals surface area contributed by atoms with E-state index in [1.165, 1.54) is 18.4 Å². The van der Waals surface area contributed by atoms with Gasteiger partial charge in [-0.05, 0) is 73.0 Å². The van der Waals surface area contributed by atoms with Crippen molar-refractivity contribution < 1.29 is 4.79 Å². The maximum atomic E-state index is 12.4. The molecule has 4 rings (SSSR count). The number of amides is 1. The molecule has 4 aromatic rings. The Labute approximate surface area is 174 Å². The van der Waals surface area contributed by atoms with Gasteiger partial charge in [0.25, 0.3) is 5.91 Å². The number of hydrogen-bond acceptors (Lipinski definition) is 3. The quantitative estimate of drug-likeness (QED) is 0.450. The summed E-state index contributed by atoms with van der Waals surface area (Å²) in [4.78, 5) is 14.0. The summed E-state index contributed by atoms with van der Waals surface area (Å²) in [6.07, 6.45) is 3.46. The molecule has 0 radical (unpaired) electrons. The number of halogens is 1. The summed E-state index contributed by atoms with van der Waals surface area (Å²) >= 11 is 5.88. The first-order valence-electron chi connectivity index (χ1n) is 9.66. The molecule has 0 bridgehead atoms. The van der Waals surface area contributed by atoms with Gasteiger partial charge in [-0.25, -0.2) is 0 Å². The predicted octanol–water partition coefficient (Wildman–Crippen LogP) is 5.67. The topological polar surface area (TPSA) is 59.8 Å². The first-order valence-corrected chi connectivity index (χ1v) is 10.0. The number of benzene rings is 3. The highest BCUT2D eigenvalue weighted by Gasteiger charge is 2.09.